The highest BCUT2D eigenvalue weighted by Gasteiger charge is 2.26. The van der Waals surface area contributed by atoms with E-state index in [9.17, 15) is 4.79 Å². The van der Waals surface area contributed by atoms with Crippen molar-refractivity contribution in [3.8, 4) is 0 Å². The molecule has 1 aromatic carbocycles. The van der Waals surface area contributed by atoms with Crippen LogP contribution < -0.4 is 0 Å². The SMILES string of the molecule is CN1CCCN(C(=O)c2nc3sccn3c2CN(C)Cc2ccc3nonc3c2)CC1. The molecule has 4 heterocycles. The van der Waals surface area contributed by atoms with Gasteiger partial charge in [-0.25, -0.2) is 9.61 Å². The molecule has 1 fully saturated rings. The number of hydrogen-bond donors (Lipinski definition) is 0. The van der Waals surface area contributed by atoms with Crippen LogP contribution >= 0.6 is 11.3 Å². The largest absolute Gasteiger partial charge is 0.336 e. The number of thiazole rings is 1. The number of amides is 1. The maximum Gasteiger partial charge on any atom is 0.274 e. The lowest BCUT2D eigenvalue weighted by Gasteiger charge is -2.21. The lowest BCUT2D eigenvalue weighted by atomic mass is 10.2. The summed E-state index contributed by atoms with van der Waals surface area (Å²) in [5, 5.41) is 9.79. The average Bonchev–Trinajstić information content (AvgIpc) is 3.43. The minimum atomic E-state index is 0.0321. The van der Waals surface area contributed by atoms with Gasteiger partial charge < -0.3 is 9.80 Å². The Bertz CT molecular complexity index is 1210. The van der Waals surface area contributed by atoms with Crippen LogP contribution in [0.5, 0.6) is 0 Å². The number of hydrogen-bond acceptors (Lipinski definition) is 8. The minimum absolute atomic E-state index is 0.0321. The molecule has 0 bridgehead atoms. The first kappa shape index (κ1) is 20.1. The van der Waals surface area contributed by atoms with Crippen molar-refractivity contribution in [1.29, 1.82) is 0 Å². The van der Waals surface area contributed by atoms with Gasteiger partial charge in [-0.15, -0.1) is 11.3 Å². The molecule has 3 aromatic heterocycles. The Balaban J connectivity index is 1.38. The molecular weight excluding hydrogens is 414 g/mol. The number of likely N-dealkylation sites (N-methyl/N-ethyl adjacent to an activating group) is 1. The molecule has 1 aliphatic heterocycles. The van der Waals surface area contributed by atoms with E-state index in [0.29, 0.717) is 18.8 Å². The predicted molar refractivity (Wildman–Crippen MR) is 118 cm³/mol. The number of carbonyl (C=O) groups is 1. The van der Waals surface area contributed by atoms with Gasteiger partial charge in [-0.3, -0.25) is 14.1 Å². The van der Waals surface area contributed by atoms with Gasteiger partial charge in [0, 0.05) is 44.3 Å². The second kappa shape index (κ2) is 8.37. The van der Waals surface area contributed by atoms with Gasteiger partial charge in [0.15, 0.2) is 10.7 Å². The van der Waals surface area contributed by atoms with Crippen molar-refractivity contribution in [2.75, 3.05) is 40.3 Å². The van der Waals surface area contributed by atoms with Crippen LogP contribution in [0.25, 0.3) is 16.0 Å². The Morgan fingerprint density at radius 2 is 2.03 bits per heavy atom. The number of carbonyl (C=O) groups excluding carboxylic acids is 1. The van der Waals surface area contributed by atoms with Gasteiger partial charge in [0.25, 0.3) is 5.91 Å². The maximum absolute atomic E-state index is 13.4. The fraction of sp³-hybridized carbons (Fsp3) is 0.429. The first-order valence-corrected chi connectivity index (χ1v) is 11.3. The first-order valence-electron chi connectivity index (χ1n) is 10.4. The zero-order chi connectivity index (χ0) is 21.4. The van der Waals surface area contributed by atoms with E-state index in [4.69, 9.17) is 9.61 Å². The summed E-state index contributed by atoms with van der Waals surface area (Å²) in [6, 6.07) is 5.92. The van der Waals surface area contributed by atoms with Gasteiger partial charge in [0.05, 0.1) is 5.69 Å². The zero-order valence-corrected chi connectivity index (χ0v) is 18.5. The zero-order valence-electron chi connectivity index (χ0n) is 17.7. The number of nitrogens with zero attached hydrogens (tertiary/aromatic N) is 7. The minimum Gasteiger partial charge on any atom is -0.336 e. The molecule has 5 rings (SSSR count). The van der Waals surface area contributed by atoms with Gasteiger partial charge in [-0.05, 0) is 55.1 Å². The Labute approximate surface area is 183 Å². The summed E-state index contributed by atoms with van der Waals surface area (Å²) in [6.07, 6.45) is 2.98. The molecule has 0 saturated carbocycles. The van der Waals surface area contributed by atoms with Crippen LogP contribution in [0.4, 0.5) is 0 Å². The highest BCUT2D eigenvalue weighted by atomic mass is 32.1. The summed E-state index contributed by atoms with van der Waals surface area (Å²) in [5.41, 5.74) is 4.11. The van der Waals surface area contributed by atoms with Crippen LogP contribution in [0.2, 0.25) is 0 Å². The number of imidazole rings is 1. The van der Waals surface area contributed by atoms with Crippen molar-refractivity contribution in [3.05, 3.63) is 46.7 Å². The monoisotopic (exact) mass is 439 g/mol. The van der Waals surface area contributed by atoms with Gasteiger partial charge in [0.1, 0.15) is 11.0 Å². The van der Waals surface area contributed by atoms with E-state index in [-0.39, 0.29) is 5.91 Å². The van der Waals surface area contributed by atoms with Crippen LogP contribution in [0.15, 0.2) is 34.4 Å². The lowest BCUT2D eigenvalue weighted by Crippen LogP contribution is -2.35. The van der Waals surface area contributed by atoms with Crippen molar-refractivity contribution in [3.63, 3.8) is 0 Å². The van der Waals surface area contributed by atoms with Crippen molar-refractivity contribution >= 4 is 33.2 Å². The van der Waals surface area contributed by atoms with E-state index < -0.39 is 0 Å². The highest BCUT2D eigenvalue weighted by Crippen LogP contribution is 2.22. The highest BCUT2D eigenvalue weighted by molar-refractivity contribution is 7.15. The molecule has 0 unspecified atom stereocenters. The Kier molecular flexibility index (Phi) is 5.43. The lowest BCUT2D eigenvalue weighted by molar-refractivity contribution is 0.0755. The van der Waals surface area contributed by atoms with E-state index in [0.717, 1.165) is 59.9 Å². The molecule has 0 N–H and O–H groups in total. The third-order valence-corrected chi connectivity index (χ3v) is 6.52. The van der Waals surface area contributed by atoms with E-state index in [1.165, 1.54) is 0 Å². The normalized spacial score (nSPS) is 15.9. The molecule has 0 spiro atoms. The van der Waals surface area contributed by atoms with Crippen molar-refractivity contribution in [2.24, 2.45) is 0 Å². The van der Waals surface area contributed by atoms with Crippen LogP contribution in [-0.2, 0) is 13.1 Å². The van der Waals surface area contributed by atoms with E-state index in [1.807, 2.05) is 46.1 Å². The van der Waals surface area contributed by atoms with E-state index >= 15 is 0 Å². The van der Waals surface area contributed by atoms with Crippen LogP contribution in [0.1, 0.15) is 28.2 Å². The molecule has 31 heavy (non-hydrogen) atoms. The molecule has 1 saturated heterocycles. The predicted octanol–water partition coefficient (Wildman–Crippen LogP) is 2.34. The number of benzene rings is 1. The molecule has 4 aromatic rings. The molecule has 10 heteroatoms. The van der Waals surface area contributed by atoms with Crippen LogP contribution in [0.3, 0.4) is 0 Å². The summed E-state index contributed by atoms with van der Waals surface area (Å²) in [6.45, 7) is 4.74. The van der Waals surface area contributed by atoms with Gasteiger partial charge in [0.2, 0.25) is 0 Å². The first-order chi connectivity index (χ1) is 15.1. The third kappa shape index (κ3) is 4.06. The smallest absolute Gasteiger partial charge is 0.274 e. The Morgan fingerprint density at radius 3 is 2.94 bits per heavy atom. The Morgan fingerprint density at radius 1 is 1.16 bits per heavy atom. The summed E-state index contributed by atoms with van der Waals surface area (Å²) >= 11 is 1.55. The number of rotatable bonds is 5. The fourth-order valence-electron chi connectivity index (χ4n) is 4.10. The second-order valence-electron chi connectivity index (χ2n) is 8.17. The van der Waals surface area contributed by atoms with E-state index in [2.05, 4.69) is 27.2 Å². The molecular formula is C21H25N7O2S. The quantitative estimate of drug-likeness (QED) is 0.472. The molecule has 0 atom stereocenters. The van der Waals surface area contributed by atoms with Crippen LogP contribution in [0, 0.1) is 0 Å². The van der Waals surface area contributed by atoms with E-state index in [1.54, 1.807) is 11.3 Å². The molecule has 1 aliphatic rings. The van der Waals surface area contributed by atoms with Gasteiger partial charge in [-0.2, -0.15) is 0 Å². The molecule has 0 radical (unpaired) electrons. The summed E-state index contributed by atoms with van der Waals surface area (Å²) < 4.78 is 6.84. The van der Waals surface area contributed by atoms with Crippen molar-refractivity contribution in [1.82, 2.24) is 34.4 Å². The maximum atomic E-state index is 13.4. The number of aromatic nitrogens is 4. The molecule has 0 aliphatic carbocycles. The molecule has 9 nitrogen and oxygen atoms in total. The summed E-state index contributed by atoms with van der Waals surface area (Å²) in [7, 11) is 4.15. The average molecular weight is 440 g/mol. The second-order valence-corrected chi connectivity index (χ2v) is 9.04. The summed E-state index contributed by atoms with van der Waals surface area (Å²) in [4.78, 5) is 25.4. The standard InChI is InChI=1S/C21H25N7O2S/c1-25-6-3-7-27(9-8-25)20(29)19-18(28-10-11-31-21(28)22-19)14-26(2)13-15-4-5-16-17(12-15)24-30-23-16/h4-5,10-12H,3,6-9,13-14H2,1-2H3. The number of fused-ring (bicyclic) bond motifs is 2. The summed E-state index contributed by atoms with van der Waals surface area (Å²) in [5.74, 6) is 0.0321. The van der Waals surface area contributed by atoms with Crippen molar-refractivity contribution < 1.29 is 9.42 Å². The fourth-order valence-corrected chi connectivity index (χ4v) is 4.84. The Hall–Kier alpha value is -2.82. The van der Waals surface area contributed by atoms with Gasteiger partial charge >= 0.3 is 0 Å². The molecule has 162 valence electrons. The van der Waals surface area contributed by atoms with Gasteiger partial charge in [-0.1, -0.05) is 6.07 Å². The van der Waals surface area contributed by atoms with Crippen LogP contribution in [-0.4, -0.2) is 80.6 Å². The van der Waals surface area contributed by atoms with Crippen molar-refractivity contribution in [2.45, 2.75) is 19.5 Å². The third-order valence-electron chi connectivity index (χ3n) is 5.76. The topological polar surface area (TPSA) is 83.0 Å². The molecule has 1 amide bonds.